The Bertz CT molecular complexity index is 1180. The summed E-state index contributed by atoms with van der Waals surface area (Å²) in [5.74, 6) is -0.305. The number of amides is 1. The van der Waals surface area contributed by atoms with Crippen LogP contribution in [-0.4, -0.2) is 44.9 Å². The van der Waals surface area contributed by atoms with Crippen LogP contribution in [0.15, 0.2) is 64.9 Å². The van der Waals surface area contributed by atoms with E-state index in [1.165, 1.54) is 10.4 Å². The van der Waals surface area contributed by atoms with Gasteiger partial charge in [-0.2, -0.15) is 4.31 Å². The average molecular weight is 471 g/mol. The second kappa shape index (κ2) is 9.54. The summed E-state index contributed by atoms with van der Waals surface area (Å²) in [7, 11) is -3.69. The van der Waals surface area contributed by atoms with E-state index in [0.29, 0.717) is 31.9 Å². The first-order valence-corrected chi connectivity index (χ1v) is 12.8. The van der Waals surface area contributed by atoms with Gasteiger partial charge in [0.25, 0.3) is 5.91 Å². The molecule has 1 aliphatic heterocycles. The molecule has 1 aliphatic rings. The molecule has 0 saturated carbocycles. The number of aryl methyl sites for hydroxylation is 2. The van der Waals surface area contributed by atoms with Crippen molar-refractivity contribution in [1.82, 2.24) is 9.62 Å². The quantitative estimate of drug-likeness (QED) is 0.593. The van der Waals surface area contributed by atoms with Gasteiger partial charge in [-0.15, -0.1) is 11.3 Å². The molecule has 1 aromatic heterocycles. The fraction of sp³-hybridized carbons (Fsp3) is 0.292. The lowest BCUT2D eigenvalue weighted by atomic mass is 10.0. The molecule has 32 heavy (non-hydrogen) atoms. The lowest BCUT2D eigenvalue weighted by molar-refractivity contribution is 0.0730. The molecule has 0 radical (unpaired) electrons. The van der Waals surface area contributed by atoms with Gasteiger partial charge in [0.1, 0.15) is 0 Å². The Labute approximate surface area is 192 Å². The number of ether oxygens (including phenoxy) is 1. The van der Waals surface area contributed by atoms with Crippen molar-refractivity contribution in [1.29, 1.82) is 0 Å². The van der Waals surface area contributed by atoms with E-state index in [0.717, 1.165) is 21.6 Å². The van der Waals surface area contributed by atoms with Gasteiger partial charge in [0.2, 0.25) is 10.0 Å². The molecule has 6 nitrogen and oxygen atoms in total. The number of benzene rings is 2. The molecule has 4 rings (SSSR count). The molecule has 1 N–H and O–H groups in total. The molecule has 8 heteroatoms. The second-order valence-electron chi connectivity index (χ2n) is 7.83. The molecule has 1 fully saturated rings. The predicted molar refractivity (Wildman–Crippen MR) is 126 cm³/mol. The number of nitrogens with zero attached hydrogens (tertiary/aromatic N) is 1. The minimum Gasteiger partial charge on any atom is -0.379 e. The maximum absolute atomic E-state index is 13.3. The molecule has 3 aromatic rings. The zero-order chi connectivity index (χ0) is 22.7. The van der Waals surface area contributed by atoms with Crippen LogP contribution in [0.25, 0.3) is 0 Å². The number of morpholine rings is 1. The zero-order valence-electron chi connectivity index (χ0n) is 18.1. The van der Waals surface area contributed by atoms with Gasteiger partial charge in [-0.3, -0.25) is 4.79 Å². The van der Waals surface area contributed by atoms with Crippen molar-refractivity contribution in [2.75, 3.05) is 26.3 Å². The van der Waals surface area contributed by atoms with Crippen LogP contribution in [0.2, 0.25) is 0 Å². The summed E-state index contributed by atoms with van der Waals surface area (Å²) in [4.78, 5) is 14.5. The van der Waals surface area contributed by atoms with Crippen molar-refractivity contribution in [2.24, 2.45) is 0 Å². The van der Waals surface area contributed by atoms with Crippen molar-refractivity contribution < 1.29 is 17.9 Å². The maximum Gasteiger partial charge on any atom is 0.252 e. The number of nitrogens with one attached hydrogen (secondary N) is 1. The highest BCUT2D eigenvalue weighted by Crippen LogP contribution is 2.28. The summed E-state index contributed by atoms with van der Waals surface area (Å²) < 4.78 is 32.8. The van der Waals surface area contributed by atoms with Gasteiger partial charge in [0.05, 0.1) is 24.2 Å². The Morgan fingerprint density at radius 3 is 2.44 bits per heavy atom. The fourth-order valence-corrected chi connectivity index (χ4v) is 5.92. The molecule has 1 amide bonds. The Balaban J connectivity index is 1.64. The maximum atomic E-state index is 13.3. The lowest BCUT2D eigenvalue weighted by Gasteiger charge is -2.26. The van der Waals surface area contributed by atoms with Crippen LogP contribution in [0.5, 0.6) is 0 Å². The normalized spacial score (nSPS) is 15.9. The molecular weight excluding hydrogens is 444 g/mol. The van der Waals surface area contributed by atoms with E-state index in [9.17, 15) is 13.2 Å². The largest absolute Gasteiger partial charge is 0.379 e. The molecule has 1 atom stereocenters. The van der Waals surface area contributed by atoms with Crippen LogP contribution >= 0.6 is 11.3 Å². The van der Waals surface area contributed by atoms with Gasteiger partial charge >= 0.3 is 0 Å². The highest BCUT2D eigenvalue weighted by Gasteiger charge is 2.28. The first-order valence-electron chi connectivity index (χ1n) is 10.5. The number of hydrogen-bond donors (Lipinski definition) is 1. The van der Waals surface area contributed by atoms with Crippen LogP contribution < -0.4 is 5.32 Å². The Morgan fingerprint density at radius 2 is 1.78 bits per heavy atom. The minimum atomic E-state index is -3.69. The van der Waals surface area contributed by atoms with E-state index in [4.69, 9.17) is 4.74 Å². The zero-order valence-corrected chi connectivity index (χ0v) is 19.7. The molecule has 0 aliphatic carbocycles. The predicted octanol–water partition coefficient (Wildman–Crippen LogP) is 3.91. The van der Waals surface area contributed by atoms with E-state index >= 15 is 0 Å². The standard InChI is InChI=1S/C24H26N2O4S2/c1-17-5-8-19(9-6-17)23(22-4-3-15-31-22)25-24(27)21-16-20(10-7-18(21)2)32(28,29)26-11-13-30-14-12-26/h3-10,15-16,23H,11-14H2,1-2H3,(H,25,27). The van der Waals surface area contributed by atoms with Crippen LogP contribution in [0.4, 0.5) is 0 Å². The monoisotopic (exact) mass is 470 g/mol. The van der Waals surface area contributed by atoms with E-state index < -0.39 is 10.0 Å². The molecular formula is C24H26N2O4S2. The van der Waals surface area contributed by atoms with E-state index in [1.807, 2.05) is 55.6 Å². The van der Waals surface area contributed by atoms with E-state index in [-0.39, 0.29) is 16.8 Å². The SMILES string of the molecule is Cc1ccc(C(NC(=O)c2cc(S(=O)(=O)N3CCOCC3)ccc2C)c2cccs2)cc1. The molecule has 0 bridgehead atoms. The first-order chi connectivity index (χ1) is 15.4. The van der Waals surface area contributed by atoms with Crippen molar-refractivity contribution in [3.63, 3.8) is 0 Å². The summed E-state index contributed by atoms with van der Waals surface area (Å²) >= 11 is 1.57. The van der Waals surface area contributed by atoms with E-state index in [2.05, 4.69) is 5.32 Å². The molecule has 1 saturated heterocycles. The Hall–Kier alpha value is -2.52. The third-order valence-electron chi connectivity index (χ3n) is 5.58. The van der Waals surface area contributed by atoms with Crippen molar-refractivity contribution in [2.45, 2.75) is 24.8 Å². The van der Waals surface area contributed by atoms with Crippen molar-refractivity contribution >= 4 is 27.3 Å². The number of sulfonamides is 1. The van der Waals surface area contributed by atoms with Crippen LogP contribution in [0.1, 0.15) is 38.0 Å². The van der Waals surface area contributed by atoms with Gasteiger partial charge in [0, 0.05) is 23.5 Å². The van der Waals surface area contributed by atoms with Crippen LogP contribution in [0, 0.1) is 13.8 Å². The van der Waals surface area contributed by atoms with Crippen LogP contribution in [-0.2, 0) is 14.8 Å². The van der Waals surface area contributed by atoms with Gasteiger partial charge in [0.15, 0.2) is 0 Å². The third kappa shape index (κ3) is 4.78. The summed E-state index contributed by atoms with van der Waals surface area (Å²) in [6.45, 7) is 5.20. The smallest absolute Gasteiger partial charge is 0.252 e. The van der Waals surface area contributed by atoms with E-state index in [1.54, 1.807) is 23.5 Å². The van der Waals surface area contributed by atoms with Crippen LogP contribution in [0.3, 0.4) is 0 Å². The van der Waals surface area contributed by atoms with Gasteiger partial charge in [-0.25, -0.2) is 8.42 Å². The number of carbonyl (C=O) groups excluding carboxylic acids is 1. The number of carbonyl (C=O) groups is 1. The first kappa shape index (κ1) is 22.7. The average Bonchev–Trinajstić information content (AvgIpc) is 3.33. The Morgan fingerprint density at radius 1 is 1.06 bits per heavy atom. The van der Waals surface area contributed by atoms with Gasteiger partial charge in [-0.1, -0.05) is 42.0 Å². The summed E-state index contributed by atoms with van der Waals surface area (Å²) in [5, 5.41) is 5.09. The minimum absolute atomic E-state index is 0.123. The molecule has 0 spiro atoms. The van der Waals surface area contributed by atoms with Crippen molar-refractivity contribution in [3.8, 4) is 0 Å². The number of thiophene rings is 1. The lowest BCUT2D eigenvalue weighted by Crippen LogP contribution is -2.40. The molecule has 168 valence electrons. The third-order valence-corrected chi connectivity index (χ3v) is 8.41. The summed E-state index contributed by atoms with van der Waals surface area (Å²) in [6.07, 6.45) is 0. The van der Waals surface area contributed by atoms with Gasteiger partial charge < -0.3 is 10.1 Å². The molecule has 2 heterocycles. The summed E-state index contributed by atoms with van der Waals surface area (Å²) in [6, 6.07) is 16.4. The topological polar surface area (TPSA) is 75.7 Å². The second-order valence-corrected chi connectivity index (χ2v) is 10.7. The highest BCUT2D eigenvalue weighted by molar-refractivity contribution is 7.89. The number of hydrogen-bond acceptors (Lipinski definition) is 5. The van der Waals surface area contributed by atoms with Gasteiger partial charge in [-0.05, 0) is 48.6 Å². The van der Waals surface area contributed by atoms with Crippen molar-refractivity contribution in [3.05, 3.63) is 87.1 Å². The highest BCUT2D eigenvalue weighted by atomic mass is 32.2. The fourth-order valence-electron chi connectivity index (χ4n) is 3.68. The summed E-state index contributed by atoms with van der Waals surface area (Å²) in [5.41, 5.74) is 3.19. The Kier molecular flexibility index (Phi) is 6.76. The molecule has 2 aromatic carbocycles. The molecule has 1 unspecified atom stereocenters. The number of rotatable bonds is 6.